The summed E-state index contributed by atoms with van der Waals surface area (Å²) >= 11 is 0. The first-order chi connectivity index (χ1) is 8.84. The van der Waals surface area contributed by atoms with Crippen LogP contribution < -0.4 is 0 Å². The number of aromatic nitrogens is 1. The lowest BCUT2D eigenvalue weighted by Gasteiger charge is -2.23. The summed E-state index contributed by atoms with van der Waals surface area (Å²) in [4.78, 5) is 0. The highest BCUT2D eigenvalue weighted by Gasteiger charge is 2.17. The highest BCUT2D eigenvalue weighted by atomic mass is 19.1. The number of rotatable bonds is 2. The number of nitrogens with zero attached hydrogens (tertiary/aromatic N) is 1. The van der Waals surface area contributed by atoms with Gasteiger partial charge in [-0.3, -0.25) is 0 Å². The van der Waals surface area contributed by atoms with Crippen LogP contribution >= 0.6 is 0 Å². The molecule has 0 saturated heterocycles. The van der Waals surface area contributed by atoms with Gasteiger partial charge in [-0.25, -0.2) is 4.39 Å². The summed E-state index contributed by atoms with van der Waals surface area (Å²) in [7, 11) is 0. The Labute approximate surface area is 107 Å². The fourth-order valence-electron chi connectivity index (χ4n) is 2.87. The molecule has 3 rings (SSSR count). The van der Waals surface area contributed by atoms with Crippen LogP contribution in [0.25, 0.3) is 11.1 Å². The average molecular weight is 243 g/mol. The second-order valence-electron chi connectivity index (χ2n) is 5.12. The van der Waals surface area contributed by atoms with E-state index in [1.165, 1.54) is 32.1 Å². The molecule has 0 aliphatic heterocycles. The van der Waals surface area contributed by atoms with Gasteiger partial charge in [0.25, 0.3) is 0 Å². The smallest absolute Gasteiger partial charge is 0.148 e. The summed E-state index contributed by atoms with van der Waals surface area (Å²) < 4.78 is 16.1. The minimum Gasteiger partial charge on any atom is -0.348 e. The molecule has 1 aromatic carbocycles. The SMILES string of the molecule is Fc1cn(C2CCCCC2)cc1-c1ccccc1. The molecule has 94 valence electrons. The van der Waals surface area contributed by atoms with Gasteiger partial charge in [0.2, 0.25) is 0 Å². The highest BCUT2D eigenvalue weighted by Crippen LogP contribution is 2.31. The molecule has 0 unspecified atom stereocenters. The Morgan fingerprint density at radius 3 is 2.39 bits per heavy atom. The fourth-order valence-corrected chi connectivity index (χ4v) is 2.87. The summed E-state index contributed by atoms with van der Waals surface area (Å²) in [6.45, 7) is 0. The molecule has 2 heteroatoms. The van der Waals surface area contributed by atoms with Gasteiger partial charge in [-0.15, -0.1) is 0 Å². The minimum atomic E-state index is -0.105. The molecule has 0 spiro atoms. The van der Waals surface area contributed by atoms with Crippen molar-refractivity contribution in [3.8, 4) is 11.1 Å². The number of hydrogen-bond acceptors (Lipinski definition) is 0. The van der Waals surface area contributed by atoms with Crippen molar-refractivity contribution in [3.05, 3.63) is 48.5 Å². The van der Waals surface area contributed by atoms with Gasteiger partial charge >= 0.3 is 0 Å². The van der Waals surface area contributed by atoms with E-state index in [9.17, 15) is 4.39 Å². The second-order valence-corrected chi connectivity index (χ2v) is 5.12. The molecule has 2 aromatic rings. The predicted molar refractivity (Wildman–Crippen MR) is 71.9 cm³/mol. The molecular weight excluding hydrogens is 225 g/mol. The predicted octanol–water partition coefficient (Wildman–Crippen LogP) is 4.80. The third-order valence-corrected chi connectivity index (χ3v) is 3.88. The monoisotopic (exact) mass is 243 g/mol. The van der Waals surface area contributed by atoms with E-state index in [1.54, 1.807) is 6.20 Å². The van der Waals surface area contributed by atoms with Crippen molar-refractivity contribution in [2.75, 3.05) is 0 Å². The van der Waals surface area contributed by atoms with E-state index in [-0.39, 0.29) is 5.82 Å². The maximum absolute atomic E-state index is 14.0. The first-order valence-electron chi connectivity index (χ1n) is 6.77. The second kappa shape index (κ2) is 4.97. The van der Waals surface area contributed by atoms with E-state index >= 15 is 0 Å². The molecule has 0 atom stereocenters. The molecule has 1 aliphatic carbocycles. The first kappa shape index (κ1) is 11.5. The van der Waals surface area contributed by atoms with Crippen molar-refractivity contribution < 1.29 is 4.39 Å². The molecular formula is C16H18FN. The molecule has 1 saturated carbocycles. The van der Waals surface area contributed by atoms with Crippen molar-refractivity contribution in [3.63, 3.8) is 0 Å². The van der Waals surface area contributed by atoms with Crippen LogP contribution in [0.5, 0.6) is 0 Å². The summed E-state index contributed by atoms with van der Waals surface area (Å²) in [6, 6.07) is 10.3. The Kier molecular flexibility index (Phi) is 3.18. The molecule has 1 fully saturated rings. The van der Waals surface area contributed by atoms with E-state index in [0.29, 0.717) is 6.04 Å². The third kappa shape index (κ3) is 2.20. The van der Waals surface area contributed by atoms with Crippen LogP contribution in [-0.2, 0) is 0 Å². The van der Waals surface area contributed by atoms with Crippen LogP contribution in [0.4, 0.5) is 4.39 Å². The van der Waals surface area contributed by atoms with Gasteiger partial charge in [0.1, 0.15) is 5.82 Å². The zero-order valence-corrected chi connectivity index (χ0v) is 10.5. The van der Waals surface area contributed by atoms with Crippen LogP contribution in [-0.4, -0.2) is 4.57 Å². The quantitative estimate of drug-likeness (QED) is 0.714. The fraction of sp³-hybridized carbons (Fsp3) is 0.375. The zero-order chi connectivity index (χ0) is 12.4. The molecule has 1 heterocycles. The molecule has 18 heavy (non-hydrogen) atoms. The van der Waals surface area contributed by atoms with Crippen LogP contribution in [0, 0.1) is 5.82 Å². The van der Waals surface area contributed by atoms with Crippen molar-refractivity contribution in [2.24, 2.45) is 0 Å². The number of halogens is 1. The molecule has 1 nitrogen and oxygen atoms in total. The van der Waals surface area contributed by atoms with Gasteiger partial charge in [-0.2, -0.15) is 0 Å². The third-order valence-electron chi connectivity index (χ3n) is 3.88. The Morgan fingerprint density at radius 1 is 0.944 bits per heavy atom. The molecule has 0 bridgehead atoms. The van der Waals surface area contributed by atoms with Crippen LogP contribution in [0.3, 0.4) is 0 Å². The first-order valence-corrected chi connectivity index (χ1v) is 6.77. The Morgan fingerprint density at radius 2 is 1.67 bits per heavy atom. The van der Waals surface area contributed by atoms with Gasteiger partial charge in [0.05, 0.1) is 0 Å². The maximum atomic E-state index is 14.0. The Hall–Kier alpha value is -1.57. The van der Waals surface area contributed by atoms with Gasteiger partial charge in [0, 0.05) is 24.0 Å². The molecule has 1 aliphatic rings. The van der Waals surface area contributed by atoms with E-state index in [4.69, 9.17) is 0 Å². The molecule has 0 N–H and O–H groups in total. The van der Waals surface area contributed by atoms with Crippen molar-refractivity contribution >= 4 is 0 Å². The zero-order valence-electron chi connectivity index (χ0n) is 10.5. The van der Waals surface area contributed by atoms with Gasteiger partial charge in [0.15, 0.2) is 0 Å². The summed E-state index contributed by atoms with van der Waals surface area (Å²) in [5.74, 6) is -0.105. The molecule has 0 amide bonds. The Bertz CT molecular complexity index is 509. The van der Waals surface area contributed by atoms with Crippen LogP contribution in [0.15, 0.2) is 42.7 Å². The molecule has 1 aromatic heterocycles. The lowest BCUT2D eigenvalue weighted by Crippen LogP contribution is -2.10. The topological polar surface area (TPSA) is 4.93 Å². The van der Waals surface area contributed by atoms with Crippen LogP contribution in [0.1, 0.15) is 38.1 Å². The van der Waals surface area contributed by atoms with Gasteiger partial charge < -0.3 is 4.57 Å². The standard InChI is InChI=1S/C16H18FN/c17-16-12-18(14-9-5-2-6-10-14)11-15(16)13-7-3-1-4-8-13/h1,3-4,7-8,11-12,14H,2,5-6,9-10H2. The van der Waals surface area contributed by atoms with E-state index in [2.05, 4.69) is 4.57 Å². The normalized spacial score (nSPS) is 16.9. The highest BCUT2D eigenvalue weighted by molar-refractivity contribution is 5.63. The summed E-state index contributed by atoms with van der Waals surface area (Å²) in [5.41, 5.74) is 1.69. The van der Waals surface area contributed by atoms with E-state index in [0.717, 1.165) is 11.1 Å². The van der Waals surface area contributed by atoms with E-state index in [1.807, 2.05) is 36.5 Å². The average Bonchev–Trinajstić information content (AvgIpc) is 2.83. The van der Waals surface area contributed by atoms with Crippen molar-refractivity contribution in [1.29, 1.82) is 0 Å². The number of hydrogen-bond donors (Lipinski definition) is 0. The van der Waals surface area contributed by atoms with Crippen LogP contribution in [0.2, 0.25) is 0 Å². The maximum Gasteiger partial charge on any atom is 0.148 e. The Balaban J connectivity index is 1.91. The van der Waals surface area contributed by atoms with Gasteiger partial charge in [-0.1, -0.05) is 49.6 Å². The lowest BCUT2D eigenvalue weighted by molar-refractivity contribution is 0.352. The molecule has 0 radical (unpaired) electrons. The largest absolute Gasteiger partial charge is 0.348 e. The summed E-state index contributed by atoms with van der Waals surface area (Å²) in [5, 5.41) is 0. The lowest BCUT2D eigenvalue weighted by atomic mass is 9.95. The van der Waals surface area contributed by atoms with Gasteiger partial charge in [-0.05, 0) is 18.4 Å². The summed E-state index contributed by atoms with van der Waals surface area (Å²) in [6.07, 6.45) is 9.87. The number of benzene rings is 1. The van der Waals surface area contributed by atoms with E-state index < -0.39 is 0 Å². The van der Waals surface area contributed by atoms with Crippen molar-refractivity contribution in [2.45, 2.75) is 38.1 Å². The van der Waals surface area contributed by atoms with Crippen molar-refractivity contribution in [1.82, 2.24) is 4.57 Å². The minimum absolute atomic E-state index is 0.105.